The summed E-state index contributed by atoms with van der Waals surface area (Å²) in [6.07, 6.45) is 2.70. The predicted octanol–water partition coefficient (Wildman–Crippen LogP) is 2.74. The Morgan fingerprint density at radius 2 is 1.85 bits per heavy atom. The molecule has 0 bridgehead atoms. The molecule has 0 aromatic heterocycles. The fourth-order valence-electron chi connectivity index (χ4n) is 3.71. The fraction of sp³-hybridized carbons (Fsp3) is 0.458. The molecule has 33 heavy (non-hydrogen) atoms. The zero-order chi connectivity index (χ0) is 23.8. The van der Waals surface area contributed by atoms with E-state index in [4.69, 9.17) is 9.47 Å². The molecule has 2 aromatic rings. The highest BCUT2D eigenvalue weighted by molar-refractivity contribution is 7.89. The summed E-state index contributed by atoms with van der Waals surface area (Å²) in [6, 6.07) is 11.8. The van der Waals surface area contributed by atoms with Crippen molar-refractivity contribution in [2.24, 2.45) is 0 Å². The average molecular weight is 477 g/mol. The number of rotatable bonds is 9. The number of aryl methyl sites for hydroxylation is 1. The van der Waals surface area contributed by atoms with E-state index in [-0.39, 0.29) is 29.4 Å². The third-order valence-electron chi connectivity index (χ3n) is 5.54. The number of ether oxygens (including phenoxy) is 2. The maximum Gasteiger partial charge on any atom is 0.251 e. The van der Waals surface area contributed by atoms with Gasteiger partial charge in [-0.3, -0.25) is 4.79 Å². The summed E-state index contributed by atoms with van der Waals surface area (Å²) in [7, 11) is -2.40. The van der Waals surface area contributed by atoms with E-state index in [0.717, 1.165) is 31.2 Å². The van der Waals surface area contributed by atoms with Crippen LogP contribution in [0.15, 0.2) is 47.4 Å². The maximum absolute atomic E-state index is 13.3. The molecular formula is C24H32N2O6S. The van der Waals surface area contributed by atoms with Crippen molar-refractivity contribution in [3.05, 3.63) is 53.6 Å². The molecule has 2 N–H and O–H groups in total. The number of aliphatic hydroxyl groups is 1. The third-order valence-corrected chi connectivity index (χ3v) is 7.46. The lowest BCUT2D eigenvalue weighted by Crippen LogP contribution is -2.35. The molecule has 1 atom stereocenters. The molecule has 8 nitrogen and oxygen atoms in total. The van der Waals surface area contributed by atoms with Crippen LogP contribution in [-0.4, -0.2) is 63.2 Å². The van der Waals surface area contributed by atoms with Crippen molar-refractivity contribution in [1.29, 1.82) is 0 Å². The summed E-state index contributed by atoms with van der Waals surface area (Å²) >= 11 is 0. The summed E-state index contributed by atoms with van der Waals surface area (Å²) in [4.78, 5) is 12.6. The van der Waals surface area contributed by atoms with E-state index < -0.39 is 22.0 Å². The first-order chi connectivity index (χ1) is 15.8. The van der Waals surface area contributed by atoms with Gasteiger partial charge in [-0.25, -0.2) is 8.42 Å². The zero-order valence-electron chi connectivity index (χ0n) is 19.1. The fourth-order valence-corrected chi connectivity index (χ4v) is 5.41. The SMILES string of the molecule is COc1ccc(C(=O)NCC(O)COc2cccc(C)c2)cc1S(=O)(=O)N1CCCCCC1. The molecule has 180 valence electrons. The molecular weight excluding hydrogens is 444 g/mol. The highest BCUT2D eigenvalue weighted by Crippen LogP contribution is 2.29. The van der Waals surface area contributed by atoms with Crippen molar-refractivity contribution in [2.75, 3.05) is 33.4 Å². The van der Waals surface area contributed by atoms with Crippen LogP contribution in [0.2, 0.25) is 0 Å². The third kappa shape index (κ3) is 6.69. The molecule has 0 aliphatic carbocycles. The number of carbonyl (C=O) groups is 1. The van der Waals surface area contributed by atoms with Crippen molar-refractivity contribution < 1.29 is 27.8 Å². The van der Waals surface area contributed by atoms with E-state index in [9.17, 15) is 18.3 Å². The van der Waals surface area contributed by atoms with Crippen molar-refractivity contribution in [2.45, 2.75) is 43.6 Å². The second-order valence-corrected chi connectivity index (χ2v) is 10.1. The molecule has 1 unspecified atom stereocenters. The topological polar surface area (TPSA) is 105 Å². The Kier molecular flexibility index (Phi) is 8.71. The number of amides is 1. The first kappa shape index (κ1) is 25.0. The molecule has 1 aliphatic heterocycles. The van der Waals surface area contributed by atoms with Gasteiger partial charge in [0.25, 0.3) is 5.91 Å². The van der Waals surface area contributed by atoms with Crippen LogP contribution < -0.4 is 14.8 Å². The van der Waals surface area contributed by atoms with Crippen LogP contribution in [0.25, 0.3) is 0 Å². The summed E-state index contributed by atoms with van der Waals surface area (Å²) < 4.78 is 38.8. The van der Waals surface area contributed by atoms with Gasteiger partial charge in [-0.1, -0.05) is 25.0 Å². The molecule has 9 heteroatoms. The number of hydrogen-bond acceptors (Lipinski definition) is 6. The quantitative estimate of drug-likeness (QED) is 0.577. The first-order valence-electron chi connectivity index (χ1n) is 11.1. The van der Waals surface area contributed by atoms with Crippen molar-refractivity contribution in [3.63, 3.8) is 0 Å². The van der Waals surface area contributed by atoms with Crippen LogP contribution in [0, 0.1) is 6.92 Å². The van der Waals surface area contributed by atoms with Gasteiger partial charge in [0.15, 0.2) is 0 Å². The number of sulfonamides is 1. The zero-order valence-corrected chi connectivity index (χ0v) is 19.9. The molecule has 1 saturated heterocycles. The Hall–Kier alpha value is -2.62. The molecule has 1 amide bonds. The normalized spacial score (nSPS) is 16.0. The number of nitrogens with one attached hydrogen (secondary N) is 1. The maximum atomic E-state index is 13.3. The largest absolute Gasteiger partial charge is 0.495 e. The summed E-state index contributed by atoms with van der Waals surface area (Å²) in [5.41, 5.74) is 1.22. The van der Waals surface area contributed by atoms with Gasteiger partial charge >= 0.3 is 0 Å². The Morgan fingerprint density at radius 1 is 1.12 bits per heavy atom. The van der Waals surface area contributed by atoms with E-state index in [2.05, 4.69) is 5.32 Å². The lowest BCUT2D eigenvalue weighted by Gasteiger charge is -2.21. The van der Waals surface area contributed by atoms with E-state index in [1.54, 1.807) is 6.07 Å². The van der Waals surface area contributed by atoms with Gasteiger partial charge in [-0.05, 0) is 55.7 Å². The van der Waals surface area contributed by atoms with E-state index in [1.165, 1.54) is 29.6 Å². The van der Waals surface area contributed by atoms with Crippen LogP contribution in [0.5, 0.6) is 11.5 Å². The smallest absolute Gasteiger partial charge is 0.251 e. The van der Waals surface area contributed by atoms with Crippen LogP contribution in [0.4, 0.5) is 0 Å². The standard InChI is InChI=1S/C24H32N2O6S/c1-18-8-7-9-21(14-18)32-17-20(27)16-25-24(28)19-10-11-22(31-2)23(15-19)33(29,30)26-12-5-3-4-6-13-26/h7-11,14-15,20,27H,3-6,12-13,16-17H2,1-2H3,(H,25,28). The minimum atomic E-state index is -3.80. The molecule has 1 heterocycles. The van der Waals surface area contributed by atoms with Gasteiger partial charge in [-0.15, -0.1) is 0 Å². The first-order valence-corrected chi connectivity index (χ1v) is 12.6. The van der Waals surface area contributed by atoms with Crippen LogP contribution in [0.1, 0.15) is 41.6 Å². The van der Waals surface area contributed by atoms with Crippen molar-refractivity contribution in [3.8, 4) is 11.5 Å². The van der Waals surface area contributed by atoms with Gasteiger partial charge in [0.1, 0.15) is 29.1 Å². The lowest BCUT2D eigenvalue weighted by atomic mass is 10.2. The summed E-state index contributed by atoms with van der Waals surface area (Å²) in [5, 5.41) is 12.8. The van der Waals surface area contributed by atoms with Gasteiger partial charge in [0.2, 0.25) is 10.0 Å². The lowest BCUT2D eigenvalue weighted by molar-refractivity contribution is 0.0843. The predicted molar refractivity (Wildman–Crippen MR) is 125 cm³/mol. The molecule has 1 aliphatic rings. The molecule has 0 saturated carbocycles. The van der Waals surface area contributed by atoms with Crippen LogP contribution in [0.3, 0.4) is 0 Å². The van der Waals surface area contributed by atoms with Gasteiger partial charge in [0, 0.05) is 25.2 Å². The minimum absolute atomic E-state index is 0.0148. The highest BCUT2D eigenvalue weighted by Gasteiger charge is 2.29. The minimum Gasteiger partial charge on any atom is -0.495 e. The van der Waals surface area contributed by atoms with Gasteiger partial charge < -0.3 is 19.9 Å². The van der Waals surface area contributed by atoms with Gasteiger partial charge in [-0.2, -0.15) is 4.31 Å². The molecule has 0 spiro atoms. The number of aliphatic hydroxyl groups excluding tert-OH is 1. The molecule has 0 radical (unpaired) electrons. The summed E-state index contributed by atoms with van der Waals surface area (Å²) in [5.74, 6) is 0.348. The van der Waals surface area contributed by atoms with Crippen LogP contribution >= 0.6 is 0 Å². The van der Waals surface area contributed by atoms with E-state index in [0.29, 0.717) is 18.8 Å². The van der Waals surface area contributed by atoms with E-state index in [1.807, 2.05) is 25.1 Å². The van der Waals surface area contributed by atoms with Crippen molar-refractivity contribution >= 4 is 15.9 Å². The number of hydrogen-bond donors (Lipinski definition) is 2. The number of methoxy groups -OCH3 is 1. The second-order valence-electron chi connectivity index (χ2n) is 8.18. The monoisotopic (exact) mass is 476 g/mol. The molecule has 2 aromatic carbocycles. The number of benzene rings is 2. The van der Waals surface area contributed by atoms with Crippen molar-refractivity contribution in [1.82, 2.24) is 9.62 Å². The van der Waals surface area contributed by atoms with Crippen LogP contribution in [-0.2, 0) is 10.0 Å². The average Bonchev–Trinajstić information content (AvgIpc) is 3.11. The number of carbonyl (C=O) groups excluding carboxylic acids is 1. The number of nitrogens with zero attached hydrogens (tertiary/aromatic N) is 1. The Balaban J connectivity index is 1.65. The Bertz CT molecular complexity index is 1050. The Labute approximate surface area is 195 Å². The highest BCUT2D eigenvalue weighted by atomic mass is 32.2. The van der Waals surface area contributed by atoms with Gasteiger partial charge in [0.05, 0.1) is 7.11 Å². The molecule has 3 rings (SSSR count). The second kappa shape index (κ2) is 11.5. The molecule has 1 fully saturated rings. The van der Waals surface area contributed by atoms with E-state index >= 15 is 0 Å². The Morgan fingerprint density at radius 3 is 2.52 bits per heavy atom. The summed E-state index contributed by atoms with van der Waals surface area (Å²) in [6.45, 7) is 2.83.